The average Bonchev–Trinajstić information content (AvgIpc) is 2.89. The lowest BCUT2D eigenvalue weighted by molar-refractivity contribution is 0.0670. The van der Waals surface area contributed by atoms with Gasteiger partial charge in [-0.05, 0) is 12.1 Å². The first-order valence-electron chi connectivity index (χ1n) is 6.90. The molecule has 3 heterocycles. The average molecular weight is 286 g/mol. The van der Waals surface area contributed by atoms with Gasteiger partial charge in [-0.1, -0.05) is 6.07 Å². The van der Waals surface area contributed by atoms with Gasteiger partial charge in [0.15, 0.2) is 0 Å². The second kappa shape index (κ2) is 5.65. The molecular weight excluding hydrogens is 268 g/mol. The van der Waals surface area contributed by atoms with Crippen molar-refractivity contribution < 1.29 is 9.53 Å². The zero-order valence-electron chi connectivity index (χ0n) is 12.2. The summed E-state index contributed by atoms with van der Waals surface area (Å²) in [5.41, 5.74) is 2.71. The molecule has 1 amide bonds. The fourth-order valence-corrected chi connectivity index (χ4v) is 2.90. The number of hydrogen-bond acceptors (Lipinski definition) is 4. The highest BCUT2D eigenvalue weighted by atomic mass is 16.5. The summed E-state index contributed by atoms with van der Waals surface area (Å²) in [5.74, 6) is 0.0881. The molecule has 1 atom stereocenters. The number of aromatic nitrogens is 3. The van der Waals surface area contributed by atoms with Crippen molar-refractivity contribution >= 4 is 5.91 Å². The molecule has 0 radical (unpaired) electrons. The summed E-state index contributed by atoms with van der Waals surface area (Å²) in [4.78, 5) is 18.5. The number of amides is 1. The Morgan fingerprint density at radius 2 is 2.33 bits per heavy atom. The van der Waals surface area contributed by atoms with Crippen LogP contribution in [0.3, 0.4) is 0 Å². The third-order valence-corrected chi connectivity index (χ3v) is 3.79. The van der Waals surface area contributed by atoms with E-state index in [1.165, 1.54) is 0 Å². The van der Waals surface area contributed by atoms with Crippen molar-refractivity contribution in [1.82, 2.24) is 19.7 Å². The first-order chi connectivity index (χ1) is 10.2. The van der Waals surface area contributed by atoms with Crippen LogP contribution in [0.15, 0.2) is 30.6 Å². The van der Waals surface area contributed by atoms with Gasteiger partial charge in [0.2, 0.25) is 0 Å². The minimum Gasteiger partial charge on any atom is -0.384 e. The van der Waals surface area contributed by atoms with E-state index in [0.717, 1.165) is 11.3 Å². The van der Waals surface area contributed by atoms with Gasteiger partial charge in [-0.2, -0.15) is 5.10 Å². The third kappa shape index (κ3) is 2.54. The van der Waals surface area contributed by atoms with Crippen LogP contribution in [0.1, 0.15) is 27.7 Å². The molecule has 2 aromatic rings. The summed E-state index contributed by atoms with van der Waals surface area (Å²) in [6.07, 6.45) is 3.47. The van der Waals surface area contributed by atoms with Crippen LogP contribution < -0.4 is 0 Å². The lowest BCUT2D eigenvalue weighted by atomic mass is 9.96. The summed E-state index contributed by atoms with van der Waals surface area (Å²) >= 11 is 0. The monoisotopic (exact) mass is 286 g/mol. The van der Waals surface area contributed by atoms with E-state index in [0.29, 0.717) is 25.4 Å². The van der Waals surface area contributed by atoms with Gasteiger partial charge in [0, 0.05) is 44.9 Å². The van der Waals surface area contributed by atoms with Gasteiger partial charge < -0.3 is 9.64 Å². The molecule has 1 unspecified atom stereocenters. The SMILES string of the molecule is COCC1CN(C(=O)c2ccccn2)Cc2cnn(C)c21. The lowest BCUT2D eigenvalue weighted by Gasteiger charge is -2.32. The highest BCUT2D eigenvalue weighted by Crippen LogP contribution is 2.28. The predicted octanol–water partition coefficient (Wildman–Crippen LogP) is 1.20. The molecule has 21 heavy (non-hydrogen) atoms. The third-order valence-electron chi connectivity index (χ3n) is 3.79. The molecule has 6 heteroatoms. The maximum Gasteiger partial charge on any atom is 0.272 e. The Morgan fingerprint density at radius 3 is 3.05 bits per heavy atom. The van der Waals surface area contributed by atoms with Gasteiger partial charge in [0.25, 0.3) is 5.91 Å². The van der Waals surface area contributed by atoms with Crippen molar-refractivity contribution in [2.24, 2.45) is 7.05 Å². The number of aryl methyl sites for hydroxylation is 1. The molecule has 0 fully saturated rings. The van der Waals surface area contributed by atoms with E-state index in [9.17, 15) is 4.79 Å². The minimum absolute atomic E-state index is 0.0498. The molecule has 1 aliphatic rings. The van der Waals surface area contributed by atoms with Crippen molar-refractivity contribution in [1.29, 1.82) is 0 Å². The van der Waals surface area contributed by atoms with E-state index in [-0.39, 0.29) is 11.8 Å². The molecule has 2 aromatic heterocycles. The molecule has 110 valence electrons. The topological polar surface area (TPSA) is 60.2 Å². The predicted molar refractivity (Wildman–Crippen MR) is 76.8 cm³/mol. The van der Waals surface area contributed by atoms with Crippen LogP contribution in [0.2, 0.25) is 0 Å². The Morgan fingerprint density at radius 1 is 1.48 bits per heavy atom. The number of pyridine rings is 1. The van der Waals surface area contributed by atoms with Gasteiger partial charge in [-0.15, -0.1) is 0 Å². The van der Waals surface area contributed by atoms with E-state index in [1.54, 1.807) is 25.4 Å². The van der Waals surface area contributed by atoms with Crippen LogP contribution in [-0.2, 0) is 18.3 Å². The Balaban J connectivity index is 1.88. The Hall–Kier alpha value is -2.21. The van der Waals surface area contributed by atoms with Gasteiger partial charge >= 0.3 is 0 Å². The van der Waals surface area contributed by atoms with Crippen molar-refractivity contribution in [3.05, 3.63) is 47.5 Å². The maximum atomic E-state index is 12.6. The zero-order valence-corrected chi connectivity index (χ0v) is 12.2. The highest BCUT2D eigenvalue weighted by Gasteiger charge is 2.31. The quantitative estimate of drug-likeness (QED) is 0.850. The Kier molecular flexibility index (Phi) is 3.70. The highest BCUT2D eigenvalue weighted by molar-refractivity contribution is 5.92. The molecule has 0 saturated heterocycles. The number of rotatable bonds is 3. The number of methoxy groups -OCH3 is 1. The van der Waals surface area contributed by atoms with Gasteiger partial charge in [0.1, 0.15) is 5.69 Å². The van der Waals surface area contributed by atoms with Crippen LogP contribution in [0, 0.1) is 0 Å². The second-order valence-corrected chi connectivity index (χ2v) is 5.23. The van der Waals surface area contributed by atoms with Crippen LogP contribution >= 0.6 is 0 Å². The minimum atomic E-state index is -0.0498. The molecule has 0 bridgehead atoms. The zero-order chi connectivity index (χ0) is 14.8. The van der Waals surface area contributed by atoms with Crippen molar-refractivity contribution in [2.75, 3.05) is 20.3 Å². The number of hydrogen-bond donors (Lipinski definition) is 0. The summed E-state index contributed by atoms with van der Waals surface area (Å²) in [7, 11) is 3.60. The molecule has 0 aliphatic carbocycles. The number of fused-ring (bicyclic) bond motifs is 1. The van der Waals surface area contributed by atoms with Crippen molar-refractivity contribution in [3.63, 3.8) is 0 Å². The fourth-order valence-electron chi connectivity index (χ4n) is 2.90. The Labute approximate surface area is 123 Å². The first kappa shape index (κ1) is 13.8. The molecule has 0 aromatic carbocycles. The van der Waals surface area contributed by atoms with Crippen molar-refractivity contribution in [2.45, 2.75) is 12.5 Å². The van der Waals surface area contributed by atoms with Gasteiger partial charge in [-0.3, -0.25) is 14.5 Å². The summed E-state index contributed by atoms with van der Waals surface area (Å²) in [5, 5.41) is 4.30. The normalized spacial score (nSPS) is 17.6. The molecule has 0 spiro atoms. The van der Waals surface area contributed by atoms with Gasteiger partial charge in [0.05, 0.1) is 18.5 Å². The summed E-state index contributed by atoms with van der Waals surface area (Å²) in [6.45, 7) is 1.76. The van der Waals surface area contributed by atoms with E-state index < -0.39 is 0 Å². The molecule has 6 nitrogen and oxygen atoms in total. The number of carbonyl (C=O) groups is 1. The van der Waals surface area contributed by atoms with E-state index >= 15 is 0 Å². The first-order valence-corrected chi connectivity index (χ1v) is 6.90. The standard InChI is InChI=1S/C15H18N4O2/c1-18-14-11(7-17-18)8-19(9-12(14)10-21-2)15(20)13-5-3-4-6-16-13/h3-7,12H,8-10H2,1-2H3. The van der Waals surface area contributed by atoms with Crippen molar-refractivity contribution in [3.8, 4) is 0 Å². The number of nitrogens with zero attached hydrogens (tertiary/aromatic N) is 4. The number of ether oxygens (including phenoxy) is 1. The van der Waals surface area contributed by atoms with Gasteiger partial charge in [-0.25, -0.2) is 0 Å². The van der Waals surface area contributed by atoms with E-state index in [4.69, 9.17) is 4.74 Å². The van der Waals surface area contributed by atoms with Crippen LogP contribution in [-0.4, -0.2) is 45.8 Å². The summed E-state index contributed by atoms with van der Waals surface area (Å²) in [6, 6.07) is 5.37. The van der Waals surface area contributed by atoms with Crippen LogP contribution in [0.5, 0.6) is 0 Å². The number of carbonyl (C=O) groups excluding carboxylic acids is 1. The van der Waals surface area contributed by atoms with Crippen LogP contribution in [0.25, 0.3) is 0 Å². The summed E-state index contributed by atoms with van der Waals surface area (Å²) < 4.78 is 7.18. The molecular formula is C15H18N4O2. The van der Waals surface area contributed by atoms with E-state index in [2.05, 4.69) is 10.1 Å². The molecule has 3 rings (SSSR count). The maximum absolute atomic E-state index is 12.6. The molecule has 1 aliphatic heterocycles. The smallest absolute Gasteiger partial charge is 0.272 e. The fraction of sp³-hybridized carbons (Fsp3) is 0.400. The molecule has 0 N–H and O–H groups in total. The van der Waals surface area contributed by atoms with E-state index in [1.807, 2.05) is 28.9 Å². The largest absolute Gasteiger partial charge is 0.384 e. The Bertz CT molecular complexity index is 638. The second-order valence-electron chi connectivity index (χ2n) is 5.23. The van der Waals surface area contributed by atoms with Crippen LogP contribution in [0.4, 0.5) is 0 Å². The lowest BCUT2D eigenvalue weighted by Crippen LogP contribution is -2.40. The molecule has 0 saturated carbocycles.